The summed E-state index contributed by atoms with van der Waals surface area (Å²) in [7, 11) is 0. The normalized spacial score (nSPS) is 29.8. The summed E-state index contributed by atoms with van der Waals surface area (Å²) >= 11 is 5.84. The molecule has 1 aliphatic rings. The number of allylic oxidation sites excluding steroid dienone is 2. The van der Waals surface area contributed by atoms with E-state index in [1.54, 1.807) is 0 Å². The first-order valence-electron chi connectivity index (χ1n) is 3.10. The summed E-state index contributed by atoms with van der Waals surface area (Å²) in [5.41, 5.74) is 1.45. The second-order valence-electron chi connectivity index (χ2n) is 2.42. The summed E-state index contributed by atoms with van der Waals surface area (Å²) in [6.45, 7) is 2.15. The fourth-order valence-electron chi connectivity index (χ4n) is 1.05. The molecule has 46 valence electrons. The molecular formula is C7H11Cl. The van der Waals surface area contributed by atoms with E-state index in [1.807, 2.05) is 0 Å². The van der Waals surface area contributed by atoms with E-state index in [4.69, 9.17) is 11.6 Å². The van der Waals surface area contributed by atoms with Crippen LogP contribution in [0.5, 0.6) is 0 Å². The monoisotopic (exact) mass is 130 g/mol. The number of halogens is 1. The van der Waals surface area contributed by atoms with E-state index in [2.05, 4.69) is 13.0 Å². The Bertz CT molecular complexity index is 105. The Hall–Kier alpha value is 0.0300. The molecule has 0 aromatic heterocycles. The maximum Gasteiger partial charge on any atom is 0.0518 e. The molecule has 0 nitrogen and oxygen atoms in total. The van der Waals surface area contributed by atoms with Gasteiger partial charge in [0.25, 0.3) is 0 Å². The first-order chi connectivity index (χ1) is 3.79. The van der Waals surface area contributed by atoms with Crippen molar-refractivity contribution in [3.63, 3.8) is 0 Å². The molecule has 1 atom stereocenters. The lowest BCUT2D eigenvalue weighted by atomic mass is 10.0. The minimum absolute atomic E-state index is 0.323. The van der Waals surface area contributed by atoms with Gasteiger partial charge in [-0.15, -0.1) is 11.6 Å². The third-order valence-corrected chi connectivity index (χ3v) is 1.86. The van der Waals surface area contributed by atoms with Crippen LogP contribution in [0.2, 0.25) is 0 Å². The Morgan fingerprint density at radius 2 is 2.50 bits per heavy atom. The molecular weight excluding hydrogens is 120 g/mol. The maximum absolute atomic E-state index is 5.84. The predicted octanol–water partition coefficient (Wildman–Crippen LogP) is 2.72. The Kier molecular flexibility index (Phi) is 1.95. The lowest BCUT2D eigenvalue weighted by Crippen LogP contribution is -2.00. The summed E-state index contributed by atoms with van der Waals surface area (Å²) in [5, 5.41) is 0.323. The number of alkyl halides is 1. The predicted molar refractivity (Wildman–Crippen MR) is 37.2 cm³/mol. The van der Waals surface area contributed by atoms with Crippen molar-refractivity contribution in [3.8, 4) is 0 Å². The molecule has 0 aromatic carbocycles. The van der Waals surface area contributed by atoms with Gasteiger partial charge in [0.1, 0.15) is 0 Å². The van der Waals surface area contributed by atoms with Crippen LogP contribution in [0.1, 0.15) is 26.2 Å². The summed E-state index contributed by atoms with van der Waals surface area (Å²) in [4.78, 5) is 0. The van der Waals surface area contributed by atoms with Gasteiger partial charge in [0.2, 0.25) is 0 Å². The van der Waals surface area contributed by atoms with Gasteiger partial charge in [-0.2, -0.15) is 0 Å². The smallest absolute Gasteiger partial charge is 0.0518 e. The molecule has 0 aromatic rings. The summed E-state index contributed by atoms with van der Waals surface area (Å²) < 4.78 is 0. The van der Waals surface area contributed by atoms with Crippen molar-refractivity contribution in [1.82, 2.24) is 0 Å². The lowest BCUT2D eigenvalue weighted by molar-refractivity contribution is 0.707. The van der Waals surface area contributed by atoms with Crippen molar-refractivity contribution in [3.05, 3.63) is 11.6 Å². The molecule has 1 aliphatic carbocycles. The zero-order valence-electron chi connectivity index (χ0n) is 5.15. The van der Waals surface area contributed by atoms with Crippen molar-refractivity contribution >= 4 is 11.6 Å². The van der Waals surface area contributed by atoms with Crippen LogP contribution in [0.3, 0.4) is 0 Å². The fraction of sp³-hybridized carbons (Fsp3) is 0.714. The highest BCUT2D eigenvalue weighted by Gasteiger charge is 2.06. The Labute approximate surface area is 55.5 Å². The zero-order chi connectivity index (χ0) is 5.98. The standard InChI is InChI=1S/C7H11Cl/c1-6-3-2-4-7(8)5-6/h5,7H,2-4H2,1H3/t7-/m1/s1. The van der Waals surface area contributed by atoms with Crippen LogP contribution < -0.4 is 0 Å². The molecule has 0 aliphatic heterocycles. The molecule has 0 bridgehead atoms. The second-order valence-corrected chi connectivity index (χ2v) is 2.98. The molecule has 0 N–H and O–H groups in total. The van der Waals surface area contributed by atoms with Gasteiger partial charge in [-0.1, -0.05) is 11.6 Å². The number of rotatable bonds is 0. The largest absolute Gasteiger partial charge is 0.118 e. The van der Waals surface area contributed by atoms with Crippen molar-refractivity contribution in [1.29, 1.82) is 0 Å². The molecule has 0 amide bonds. The van der Waals surface area contributed by atoms with E-state index in [-0.39, 0.29) is 0 Å². The molecule has 1 rings (SSSR count). The van der Waals surface area contributed by atoms with Crippen LogP contribution in [0.15, 0.2) is 11.6 Å². The molecule has 8 heavy (non-hydrogen) atoms. The van der Waals surface area contributed by atoms with Crippen LogP contribution in [0, 0.1) is 0 Å². The summed E-state index contributed by atoms with van der Waals surface area (Å²) in [6.07, 6.45) is 5.85. The Morgan fingerprint density at radius 1 is 1.75 bits per heavy atom. The SMILES string of the molecule is CC1=C[C@H](Cl)CCC1. The zero-order valence-corrected chi connectivity index (χ0v) is 5.91. The van der Waals surface area contributed by atoms with Crippen LogP contribution in [-0.4, -0.2) is 5.38 Å². The molecule has 0 saturated heterocycles. The van der Waals surface area contributed by atoms with E-state index in [9.17, 15) is 0 Å². The van der Waals surface area contributed by atoms with E-state index >= 15 is 0 Å². The van der Waals surface area contributed by atoms with Gasteiger partial charge < -0.3 is 0 Å². The minimum atomic E-state index is 0.323. The summed E-state index contributed by atoms with van der Waals surface area (Å²) in [6, 6.07) is 0. The minimum Gasteiger partial charge on any atom is -0.118 e. The van der Waals surface area contributed by atoms with E-state index in [1.165, 1.54) is 24.8 Å². The quantitative estimate of drug-likeness (QED) is 0.350. The summed E-state index contributed by atoms with van der Waals surface area (Å²) in [5.74, 6) is 0. The molecule has 0 heterocycles. The van der Waals surface area contributed by atoms with Crippen LogP contribution in [-0.2, 0) is 0 Å². The molecule has 0 saturated carbocycles. The highest BCUT2D eigenvalue weighted by molar-refractivity contribution is 6.21. The number of hydrogen-bond donors (Lipinski definition) is 0. The third-order valence-electron chi connectivity index (χ3n) is 1.52. The average Bonchev–Trinajstić information content (AvgIpc) is 1.64. The first-order valence-corrected chi connectivity index (χ1v) is 3.54. The maximum atomic E-state index is 5.84. The van der Waals surface area contributed by atoms with Gasteiger partial charge in [0.15, 0.2) is 0 Å². The van der Waals surface area contributed by atoms with Gasteiger partial charge >= 0.3 is 0 Å². The molecule has 0 radical (unpaired) electrons. The van der Waals surface area contributed by atoms with Gasteiger partial charge in [-0.05, 0) is 26.2 Å². The first kappa shape index (κ1) is 6.15. The Morgan fingerprint density at radius 3 is 2.88 bits per heavy atom. The lowest BCUT2D eigenvalue weighted by Gasteiger charge is -2.11. The van der Waals surface area contributed by atoms with Crippen LogP contribution in [0.25, 0.3) is 0 Å². The van der Waals surface area contributed by atoms with Crippen molar-refractivity contribution in [2.45, 2.75) is 31.6 Å². The van der Waals surface area contributed by atoms with E-state index in [0.717, 1.165) is 0 Å². The van der Waals surface area contributed by atoms with E-state index < -0.39 is 0 Å². The molecule has 0 unspecified atom stereocenters. The van der Waals surface area contributed by atoms with Gasteiger partial charge in [0, 0.05) is 0 Å². The molecule has 0 spiro atoms. The van der Waals surface area contributed by atoms with Gasteiger partial charge in [0.05, 0.1) is 5.38 Å². The molecule has 0 fully saturated rings. The van der Waals surface area contributed by atoms with E-state index in [0.29, 0.717) is 5.38 Å². The van der Waals surface area contributed by atoms with Gasteiger partial charge in [-0.3, -0.25) is 0 Å². The van der Waals surface area contributed by atoms with Crippen LogP contribution in [0.4, 0.5) is 0 Å². The molecule has 1 heteroatoms. The van der Waals surface area contributed by atoms with Crippen molar-refractivity contribution < 1.29 is 0 Å². The van der Waals surface area contributed by atoms with Crippen molar-refractivity contribution in [2.24, 2.45) is 0 Å². The highest BCUT2D eigenvalue weighted by Crippen LogP contribution is 2.20. The highest BCUT2D eigenvalue weighted by atomic mass is 35.5. The second kappa shape index (κ2) is 2.54. The fourth-order valence-corrected chi connectivity index (χ4v) is 1.42. The topological polar surface area (TPSA) is 0 Å². The number of hydrogen-bond acceptors (Lipinski definition) is 0. The van der Waals surface area contributed by atoms with Gasteiger partial charge in [-0.25, -0.2) is 0 Å². The third kappa shape index (κ3) is 1.52. The van der Waals surface area contributed by atoms with Crippen LogP contribution >= 0.6 is 11.6 Å². The van der Waals surface area contributed by atoms with Crippen molar-refractivity contribution in [2.75, 3.05) is 0 Å². The average molecular weight is 131 g/mol. The Balaban J connectivity index is 2.50.